The third kappa shape index (κ3) is 4.83. The Labute approximate surface area is 100 Å². The van der Waals surface area contributed by atoms with E-state index >= 15 is 0 Å². The van der Waals surface area contributed by atoms with E-state index in [1.54, 1.807) is 12.1 Å². The highest BCUT2D eigenvalue weighted by Crippen LogP contribution is 2.09. The molecule has 0 atom stereocenters. The molecule has 0 unspecified atom stereocenters. The van der Waals surface area contributed by atoms with Crippen LogP contribution in [-0.2, 0) is 16.6 Å². The van der Waals surface area contributed by atoms with Crippen molar-refractivity contribution >= 4 is 21.6 Å². The highest BCUT2D eigenvalue weighted by Gasteiger charge is 2.08. The van der Waals surface area contributed by atoms with Gasteiger partial charge in [-0.2, -0.15) is 0 Å². The lowest BCUT2D eigenvalue weighted by atomic mass is 10.2. The molecule has 0 bridgehead atoms. The number of sulfonamides is 1. The fourth-order valence-corrected chi connectivity index (χ4v) is 2.47. The van der Waals surface area contributed by atoms with Crippen LogP contribution in [0.1, 0.15) is 12.0 Å². The van der Waals surface area contributed by atoms with Crippen molar-refractivity contribution in [2.45, 2.75) is 13.0 Å². The van der Waals surface area contributed by atoms with Crippen LogP contribution in [0.5, 0.6) is 5.75 Å². The summed E-state index contributed by atoms with van der Waals surface area (Å²) in [6.45, 7) is 0.227. The lowest BCUT2D eigenvalue weighted by molar-refractivity contribution is 0.475. The van der Waals surface area contributed by atoms with Crippen LogP contribution in [0.25, 0.3) is 0 Å². The third-order valence-electron chi connectivity index (χ3n) is 1.98. The summed E-state index contributed by atoms with van der Waals surface area (Å²) < 4.78 is 25.3. The molecule has 1 aromatic rings. The summed E-state index contributed by atoms with van der Waals surface area (Å²) in [5, 5.41) is 9.05. The molecule has 1 aromatic carbocycles. The molecule has 0 heterocycles. The fourth-order valence-electron chi connectivity index (χ4n) is 1.12. The van der Waals surface area contributed by atoms with Crippen molar-refractivity contribution in [1.29, 1.82) is 0 Å². The second-order valence-corrected chi connectivity index (χ2v) is 5.65. The molecule has 16 heavy (non-hydrogen) atoms. The average molecular weight is 264 g/mol. The van der Waals surface area contributed by atoms with Crippen molar-refractivity contribution in [3.63, 3.8) is 0 Å². The van der Waals surface area contributed by atoms with Gasteiger partial charge in [0.2, 0.25) is 10.0 Å². The Balaban J connectivity index is 2.48. The number of aromatic hydroxyl groups is 1. The largest absolute Gasteiger partial charge is 0.508 e. The number of hydrogen-bond acceptors (Lipinski definition) is 3. The van der Waals surface area contributed by atoms with E-state index in [2.05, 4.69) is 4.72 Å². The first-order chi connectivity index (χ1) is 7.53. The summed E-state index contributed by atoms with van der Waals surface area (Å²) in [7, 11) is -3.25. The van der Waals surface area contributed by atoms with Crippen molar-refractivity contribution in [3.8, 4) is 5.75 Å². The molecule has 0 aliphatic heterocycles. The first-order valence-corrected chi connectivity index (χ1v) is 7.03. The number of benzene rings is 1. The van der Waals surface area contributed by atoms with Crippen LogP contribution in [0.15, 0.2) is 24.3 Å². The van der Waals surface area contributed by atoms with Crippen LogP contribution in [0.2, 0.25) is 0 Å². The molecule has 0 aromatic heterocycles. The summed E-state index contributed by atoms with van der Waals surface area (Å²) in [6, 6.07) is 6.36. The van der Waals surface area contributed by atoms with Crippen molar-refractivity contribution < 1.29 is 13.5 Å². The van der Waals surface area contributed by atoms with Crippen LogP contribution in [0.4, 0.5) is 0 Å². The van der Waals surface area contributed by atoms with Gasteiger partial charge in [0, 0.05) is 12.4 Å². The molecule has 0 aliphatic carbocycles. The molecular weight excluding hydrogens is 250 g/mol. The predicted octanol–water partition coefficient (Wildman–Crippen LogP) is 1.44. The van der Waals surface area contributed by atoms with E-state index in [9.17, 15) is 8.42 Å². The van der Waals surface area contributed by atoms with Gasteiger partial charge in [-0.15, -0.1) is 11.6 Å². The Kier molecular flexibility index (Phi) is 5.05. The number of hydrogen-bond donors (Lipinski definition) is 2. The number of nitrogens with one attached hydrogen (secondary N) is 1. The zero-order valence-electron chi connectivity index (χ0n) is 8.69. The number of rotatable bonds is 6. The molecule has 0 spiro atoms. The smallest absolute Gasteiger partial charge is 0.211 e. The average Bonchev–Trinajstić information content (AvgIpc) is 2.26. The maximum Gasteiger partial charge on any atom is 0.211 e. The Morgan fingerprint density at radius 2 is 1.88 bits per heavy atom. The van der Waals surface area contributed by atoms with E-state index in [0.717, 1.165) is 5.56 Å². The van der Waals surface area contributed by atoms with Crippen LogP contribution in [0, 0.1) is 0 Å². The van der Waals surface area contributed by atoms with Gasteiger partial charge in [-0.25, -0.2) is 13.1 Å². The Hall–Kier alpha value is -0.780. The van der Waals surface area contributed by atoms with Gasteiger partial charge in [-0.3, -0.25) is 0 Å². The van der Waals surface area contributed by atoms with Gasteiger partial charge in [0.05, 0.1) is 5.75 Å². The summed E-state index contributed by atoms with van der Waals surface area (Å²) >= 11 is 5.42. The molecule has 0 aliphatic rings. The van der Waals surface area contributed by atoms with E-state index < -0.39 is 10.0 Å². The van der Waals surface area contributed by atoms with Crippen LogP contribution in [-0.4, -0.2) is 25.2 Å². The summed E-state index contributed by atoms with van der Waals surface area (Å²) in [5.74, 6) is 0.531. The topological polar surface area (TPSA) is 66.4 Å². The molecule has 2 N–H and O–H groups in total. The van der Waals surface area contributed by atoms with Gasteiger partial charge >= 0.3 is 0 Å². The molecule has 0 fully saturated rings. The maximum absolute atomic E-state index is 11.4. The minimum atomic E-state index is -3.25. The van der Waals surface area contributed by atoms with E-state index in [4.69, 9.17) is 16.7 Å². The monoisotopic (exact) mass is 263 g/mol. The lowest BCUT2D eigenvalue weighted by Gasteiger charge is -2.05. The minimum absolute atomic E-state index is 0.0363. The molecule has 4 nitrogen and oxygen atoms in total. The molecule has 6 heteroatoms. The van der Waals surface area contributed by atoms with Crippen LogP contribution < -0.4 is 4.72 Å². The van der Waals surface area contributed by atoms with E-state index in [1.165, 1.54) is 12.1 Å². The molecular formula is C10H14ClNO3S. The van der Waals surface area contributed by atoms with Gasteiger partial charge in [0.25, 0.3) is 0 Å². The highest BCUT2D eigenvalue weighted by atomic mass is 35.5. The molecule has 0 saturated carbocycles. The second-order valence-electron chi connectivity index (χ2n) is 3.35. The van der Waals surface area contributed by atoms with Crippen molar-refractivity contribution in [3.05, 3.63) is 29.8 Å². The number of phenolic OH excluding ortho intramolecular Hbond substituents is 1. The first kappa shape index (κ1) is 13.3. The molecule has 90 valence electrons. The summed E-state index contributed by atoms with van der Waals surface area (Å²) in [4.78, 5) is 0. The molecule has 0 amide bonds. The predicted molar refractivity (Wildman–Crippen MR) is 64.1 cm³/mol. The van der Waals surface area contributed by atoms with Gasteiger partial charge in [0.1, 0.15) is 5.75 Å². The summed E-state index contributed by atoms with van der Waals surface area (Å²) in [6.07, 6.45) is 0.437. The number of phenols is 1. The van der Waals surface area contributed by atoms with Crippen molar-refractivity contribution in [2.24, 2.45) is 0 Å². The third-order valence-corrected chi connectivity index (χ3v) is 3.66. The molecule has 0 radical (unpaired) electrons. The Bertz CT molecular complexity index is 416. The maximum atomic E-state index is 11.4. The standard InChI is InChI=1S/C10H14ClNO3S/c11-6-1-7-16(14,15)12-8-9-2-4-10(13)5-3-9/h2-5,12-13H,1,6-8H2. The van der Waals surface area contributed by atoms with Crippen LogP contribution >= 0.6 is 11.6 Å². The van der Waals surface area contributed by atoms with E-state index in [0.29, 0.717) is 12.3 Å². The lowest BCUT2D eigenvalue weighted by Crippen LogP contribution is -2.26. The normalized spacial score (nSPS) is 11.6. The number of alkyl halides is 1. The van der Waals surface area contributed by atoms with Crippen molar-refractivity contribution in [1.82, 2.24) is 4.72 Å². The van der Waals surface area contributed by atoms with Gasteiger partial charge in [-0.1, -0.05) is 12.1 Å². The fraction of sp³-hybridized carbons (Fsp3) is 0.400. The minimum Gasteiger partial charge on any atom is -0.508 e. The van der Waals surface area contributed by atoms with E-state index in [-0.39, 0.29) is 18.0 Å². The van der Waals surface area contributed by atoms with Gasteiger partial charge < -0.3 is 5.11 Å². The van der Waals surface area contributed by atoms with Crippen LogP contribution in [0.3, 0.4) is 0 Å². The Morgan fingerprint density at radius 3 is 2.44 bits per heavy atom. The SMILES string of the molecule is O=S(=O)(CCCCl)NCc1ccc(O)cc1. The molecule has 0 saturated heterocycles. The Morgan fingerprint density at radius 1 is 1.25 bits per heavy atom. The van der Waals surface area contributed by atoms with Gasteiger partial charge in [-0.05, 0) is 24.1 Å². The second kappa shape index (κ2) is 6.08. The van der Waals surface area contributed by atoms with E-state index in [1.807, 2.05) is 0 Å². The summed E-state index contributed by atoms with van der Waals surface area (Å²) in [5.41, 5.74) is 0.798. The number of halogens is 1. The molecule has 1 rings (SSSR count). The zero-order valence-corrected chi connectivity index (χ0v) is 10.3. The van der Waals surface area contributed by atoms with Gasteiger partial charge in [0.15, 0.2) is 0 Å². The zero-order chi connectivity index (χ0) is 12.0. The quantitative estimate of drug-likeness (QED) is 0.764. The van der Waals surface area contributed by atoms with Crippen molar-refractivity contribution in [2.75, 3.05) is 11.6 Å². The highest BCUT2D eigenvalue weighted by molar-refractivity contribution is 7.89. The first-order valence-electron chi connectivity index (χ1n) is 4.85.